The van der Waals surface area contributed by atoms with Crippen molar-refractivity contribution in [2.75, 3.05) is 5.32 Å². The van der Waals surface area contributed by atoms with E-state index in [0.29, 0.717) is 5.69 Å². The van der Waals surface area contributed by atoms with Crippen molar-refractivity contribution in [1.29, 1.82) is 0 Å². The monoisotopic (exact) mass is 385 g/mol. The number of nitrogens with zero attached hydrogens (tertiary/aromatic N) is 3. The van der Waals surface area contributed by atoms with Crippen molar-refractivity contribution in [3.8, 4) is 5.69 Å². The second kappa shape index (κ2) is 6.84. The number of anilines is 1. The maximum atomic E-state index is 13.0. The third kappa shape index (κ3) is 3.46. The Bertz CT molecular complexity index is 1130. The van der Waals surface area contributed by atoms with Crippen molar-refractivity contribution in [2.24, 2.45) is 0 Å². The fraction of sp³-hybridized carbons (Fsp3) is 0.105. The Morgan fingerprint density at radius 2 is 1.89 bits per heavy atom. The molecular formula is C19H14F3N5O. The summed E-state index contributed by atoms with van der Waals surface area (Å²) >= 11 is 0. The van der Waals surface area contributed by atoms with E-state index in [1.54, 1.807) is 18.6 Å². The molecule has 0 aliphatic heterocycles. The third-order valence-electron chi connectivity index (χ3n) is 4.25. The highest BCUT2D eigenvalue weighted by molar-refractivity contribution is 5.95. The smallest absolute Gasteiger partial charge is 0.360 e. The van der Waals surface area contributed by atoms with Gasteiger partial charge >= 0.3 is 6.18 Å². The van der Waals surface area contributed by atoms with Gasteiger partial charge in [-0.25, -0.2) is 4.68 Å². The largest absolute Gasteiger partial charge is 0.433 e. The molecule has 1 amide bonds. The fourth-order valence-electron chi connectivity index (χ4n) is 2.97. The van der Waals surface area contributed by atoms with E-state index in [9.17, 15) is 18.0 Å². The molecule has 4 aromatic rings. The first kappa shape index (κ1) is 17.8. The predicted octanol–water partition coefficient (Wildman–Crippen LogP) is 3.95. The van der Waals surface area contributed by atoms with E-state index >= 15 is 0 Å². The Labute approximate surface area is 157 Å². The molecule has 0 bridgehead atoms. The average Bonchev–Trinajstić information content (AvgIpc) is 3.30. The fourth-order valence-corrected chi connectivity index (χ4v) is 2.97. The molecule has 0 spiro atoms. The summed E-state index contributed by atoms with van der Waals surface area (Å²) in [7, 11) is 0. The summed E-state index contributed by atoms with van der Waals surface area (Å²) in [4.78, 5) is 19.4. The molecular weight excluding hydrogens is 371 g/mol. The zero-order valence-electron chi connectivity index (χ0n) is 14.4. The highest BCUT2D eigenvalue weighted by Crippen LogP contribution is 2.30. The quantitative estimate of drug-likeness (QED) is 0.559. The Morgan fingerprint density at radius 1 is 1.11 bits per heavy atom. The van der Waals surface area contributed by atoms with Gasteiger partial charge in [-0.3, -0.25) is 9.78 Å². The predicted molar refractivity (Wildman–Crippen MR) is 97.0 cm³/mol. The minimum absolute atomic E-state index is 0.156. The van der Waals surface area contributed by atoms with Gasteiger partial charge < -0.3 is 10.3 Å². The lowest BCUT2D eigenvalue weighted by atomic mass is 10.1. The number of halogens is 3. The van der Waals surface area contributed by atoms with Gasteiger partial charge in [-0.15, -0.1) is 0 Å². The number of amides is 1. The lowest BCUT2D eigenvalue weighted by Gasteiger charge is -2.11. The van der Waals surface area contributed by atoms with Crippen LogP contribution < -0.4 is 5.32 Å². The number of hydrogen-bond donors (Lipinski definition) is 2. The van der Waals surface area contributed by atoms with Gasteiger partial charge in [0.15, 0.2) is 0 Å². The lowest BCUT2D eigenvalue weighted by Crippen LogP contribution is -2.15. The summed E-state index contributed by atoms with van der Waals surface area (Å²) < 4.78 is 39.8. The van der Waals surface area contributed by atoms with E-state index in [0.717, 1.165) is 33.4 Å². The number of aromatic nitrogens is 4. The number of rotatable bonds is 4. The van der Waals surface area contributed by atoms with E-state index in [-0.39, 0.29) is 18.0 Å². The topological polar surface area (TPSA) is 75.6 Å². The molecule has 0 aliphatic carbocycles. The number of H-pyrrole nitrogens is 1. The molecule has 3 aromatic heterocycles. The molecule has 6 nitrogen and oxygen atoms in total. The first-order chi connectivity index (χ1) is 13.4. The first-order valence-corrected chi connectivity index (χ1v) is 8.33. The van der Waals surface area contributed by atoms with Crippen LogP contribution in [0.2, 0.25) is 0 Å². The van der Waals surface area contributed by atoms with Crippen molar-refractivity contribution in [3.05, 3.63) is 72.4 Å². The van der Waals surface area contributed by atoms with Gasteiger partial charge in [0.1, 0.15) is 5.69 Å². The molecule has 4 rings (SSSR count). The molecule has 0 fully saturated rings. The van der Waals surface area contributed by atoms with E-state index in [1.807, 2.05) is 6.07 Å². The van der Waals surface area contributed by atoms with E-state index in [1.165, 1.54) is 24.3 Å². The standard InChI is InChI=1S/C19H14F3N5O/c20-19(21,22)17-6-8-25-27(17)14-3-1-13(2-4-14)26-18(28)9-12-10-24-16-11-23-7-5-15(12)16/h1-8,10-11,24H,9H2,(H,26,28). The summed E-state index contributed by atoms with van der Waals surface area (Å²) in [5.41, 5.74) is 1.54. The molecule has 1 aromatic carbocycles. The van der Waals surface area contributed by atoms with Crippen LogP contribution in [0.25, 0.3) is 16.6 Å². The van der Waals surface area contributed by atoms with Crippen LogP contribution in [0.4, 0.5) is 18.9 Å². The third-order valence-corrected chi connectivity index (χ3v) is 4.25. The lowest BCUT2D eigenvalue weighted by molar-refractivity contribution is -0.142. The Kier molecular flexibility index (Phi) is 4.34. The van der Waals surface area contributed by atoms with Crippen LogP contribution in [0.1, 0.15) is 11.3 Å². The summed E-state index contributed by atoms with van der Waals surface area (Å²) in [5, 5.41) is 7.38. The molecule has 28 heavy (non-hydrogen) atoms. The molecule has 142 valence electrons. The second-order valence-electron chi connectivity index (χ2n) is 6.13. The van der Waals surface area contributed by atoms with Gasteiger partial charge in [0.25, 0.3) is 0 Å². The van der Waals surface area contributed by atoms with Crippen molar-refractivity contribution in [2.45, 2.75) is 12.6 Å². The number of nitrogens with one attached hydrogen (secondary N) is 2. The Morgan fingerprint density at radius 3 is 2.64 bits per heavy atom. The highest BCUT2D eigenvalue weighted by Gasteiger charge is 2.35. The Balaban J connectivity index is 1.48. The summed E-state index contributed by atoms with van der Waals surface area (Å²) in [6.07, 6.45) is 1.84. The van der Waals surface area contributed by atoms with Crippen LogP contribution in [0.5, 0.6) is 0 Å². The summed E-state index contributed by atoms with van der Waals surface area (Å²) in [5.74, 6) is -0.236. The average molecular weight is 385 g/mol. The number of pyridine rings is 1. The molecule has 0 radical (unpaired) electrons. The van der Waals surface area contributed by atoms with Crippen LogP contribution in [0, 0.1) is 0 Å². The Hall–Kier alpha value is -3.62. The van der Waals surface area contributed by atoms with Gasteiger partial charge in [0, 0.05) is 23.5 Å². The molecule has 0 saturated heterocycles. The molecule has 9 heteroatoms. The number of carbonyl (C=O) groups is 1. The molecule has 3 heterocycles. The zero-order valence-corrected chi connectivity index (χ0v) is 14.4. The number of alkyl halides is 3. The van der Waals surface area contributed by atoms with Crippen LogP contribution in [0.15, 0.2) is 61.2 Å². The van der Waals surface area contributed by atoms with Gasteiger partial charge in [0.05, 0.1) is 30.0 Å². The highest BCUT2D eigenvalue weighted by atomic mass is 19.4. The number of carbonyl (C=O) groups excluding carboxylic acids is 1. The zero-order chi connectivity index (χ0) is 19.7. The maximum absolute atomic E-state index is 13.0. The van der Waals surface area contributed by atoms with Crippen molar-refractivity contribution in [3.63, 3.8) is 0 Å². The van der Waals surface area contributed by atoms with Crippen LogP contribution >= 0.6 is 0 Å². The number of benzene rings is 1. The SMILES string of the molecule is O=C(Cc1c[nH]c2cnccc12)Nc1ccc(-n2nccc2C(F)(F)F)cc1. The number of hydrogen-bond acceptors (Lipinski definition) is 3. The first-order valence-electron chi connectivity index (χ1n) is 8.33. The van der Waals surface area contributed by atoms with Crippen LogP contribution in [-0.2, 0) is 17.4 Å². The molecule has 0 saturated carbocycles. The summed E-state index contributed by atoms with van der Waals surface area (Å²) in [6, 6.07) is 8.74. The van der Waals surface area contributed by atoms with Gasteiger partial charge in [-0.1, -0.05) is 0 Å². The minimum Gasteiger partial charge on any atom is -0.360 e. The minimum atomic E-state index is -4.50. The van der Waals surface area contributed by atoms with E-state index < -0.39 is 11.9 Å². The number of fused-ring (bicyclic) bond motifs is 1. The maximum Gasteiger partial charge on any atom is 0.433 e. The molecule has 0 unspecified atom stereocenters. The molecule has 0 aliphatic rings. The normalized spacial score (nSPS) is 11.7. The molecule has 0 atom stereocenters. The van der Waals surface area contributed by atoms with Gasteiger partial charge in [-0.05, 0) is 42.0 Å². The van der Waals surface area contributed by atoms with E-state index in [2.05, 4.69) is 20.4 Å². The number of aromatic amines is 1. The second-order valence-corrected chi connectivity index (χ2v) is 6.13. The van der Waals surface area contributed by atoms with Crippen molar-refractivity contribution < 1.29 is 18.0 Å². The molecule has 2 N–H and O–H groups in total. The van der Waals surface area contributed by atoms with Crippen LogP contribution in [0.3, 0.4) is 0 Å². The van der Waals surface area contributed by atoms with Gasteiger partial charge in [-0.2, -0.15) is 18.3 Å². The van der Waals surface area contributed by atoms with Crippen LogP contribution in [-0.4, -0.2) is 25.7 Å². The van der Waals surface area contributed by atoms with Crippen molar-refractivity contribution >= 4 is 22.5 Å². The van der Waals surface area contributed by atoms with E-state index in [4.69, 9.17) is 0 Å². The summed E-state index contributed by atoms with van der Waals surface area (Å²) in [6.45, 7) is 0. The van der Waals surface area contributed by atoms with Gasteiger partial charge in [0.2, 0.25) is 5.91 Å². The van der Waals surface area contributed by atoms with Crippen molar-refractivity contribution in [1.82, 2.24) is 19.7 Å².